The van der Waals surface area contributed by atoms with E-state index in [0.717, 1.165) is 24.4 Å². The summed E-state index contributed by atoms with van der Waals surface area (Å²) in [5.41, 5.74) is 3.27. The zero-order valence-electron chi connectivity index (χ0n) is 12.1. The van der Waals surface area contributed by atoms with Crippen molar-refractivity contribution in [3.8, 4) is 0 Å². The normalized spacial score (nSPS) is 18.1. The first-order valence-corrected chi connectivity index (χ1v) is 7.79. The minimum atomic E-state index is 0.167. The van der Waals surface area contributed by atoms with Crippen LogP contribution < -0.4 is 0 Å². The molecule has 1 atom stereocenters. The molecule has 0 aliphatic carbocycles. The number of aromatic nitrogens is 2. The number of rotatable bonds is 3. The maximum absolute atomic E-state index is 12.4. The fraction of sp³-hybridized carbons (Fsp3) is 0.467. The van der Waals surface area contributed by atoms with Gasteiger partial charge in [0, 0.05) is 17.1 Å². The first-order chi connectivity index (χ1) is 9.58. The van der Waals surface area contributed by atoms with E-state index >= 15 is 0 Å². The molecule has 1 amide bonds. The second kappa shape index (κ2) is 5.05. The fourth-order valence-electron chi connectivity index (χ4n) is 2.62. The highest BCUT2D eigenvalue weighted by Gasteiger charge is 2.34. The van der Waals surface area contributed by atoms with Crippen molar-refractivity contribution < 1.29 is 4.79 Å². The lowest BCUT2D eigenvalue weighted by atomic mass is 10.0. The number of hydrogen-bond acceptors (Lipinski definition) is 3. The first-order valence-electron chi connectivity index (χ1n) is 6.91. The lowest BCUT2D eigenvalue weighted by molar-refractivity contribution is -0.139. The van der Waals surface area contributed by atoms with E-state index in [0.29, 0.717) is 6.54 Å². The molecule has 0 unspecified atom stereocenters. The van der Waals surface area contributed by atoms with Gasteiger partial charge in [0.15, 0.2) is 0 Å². The molecule has 5 heteroatoms. The average Bonchev–Trinajstić information content (AvgIpc) is 2.94. The topological polar surface area (TPSA) is 38.1 Å². The van der Waals surface area contributed by atoms with Crippen molar-refractivity contribution in [3.05, 3.63) is 39.3 Å². The maximum Gasteiger partial charge on any atom is 0.244 e. The van der Waals surface area contributed by atoms with E-state index in [-0.39, 0.29) is 11.9 Å². The van der Waals surface area contributed by atoms with Crippen LogP contribution in [-0.4, -0.2) is 27.1 Å². The van der Waals surface area contributed by atoms with Crippen LogP contribution in [0.3, 0.4) is 0 Å². The number of aryl methyl sites for hydroxylation is 1. The Hall–Kier alpha value is -1.62. The van der Waals surface area contributed by atoms with Gasteiger partial charge in [-0.25, -0.2) is 0 Å². The van der Waals surface area contributed by atoms with E-state index in [1.54, 1.807) is 11.3 Å². The van der Waals surface area contributed by atoms with Crippen molar-refractivity contribution in [2.75, 3.05) is 6.54 Å². The van der Waals surface area contributed by atoms with Gasteiger partial charge in [-0.15, -0.1) is 11.3 Å². The van der Waals surface area contributed by atoms with Crippen LogP contribution >= 0.6 is 11.3 Å². The van der Waals surface area contributed by atoms with Crippen LogP contribution in [0.25, 0.3) is 0 Å². The van der Waals surface area contributed by atoms with E-state index in [2.05, 4.69) is 23.5 Å². The molecule has 2 aromatic heterocycles. The molecule has 20 heavy (non-hydrogen) atoms. The lowest BCUT2D eigenvalue weighted by Gasteiger charge is -2.40. The summed E-state index contributed by atoms with van der Waals surface area (Å²) in [5.74, 6) is 0.167. The summed E-state index contributed by atoms with van der Waals surface area (Å²) in [7, 11) is 0. The number of amides is 1. The molecule has 2 aromatic rings. The van der Waals surface area contributed by atoms with Crippen LogP contribution in [0.5, 0.6) is 0 Å². The van der Waals surface area contributed by atoms with E-state index in [9.17, 15) is 4.79 Å². The van der Waals surface area contributed by atoms with Gasteiger partial charge in [0.25, 0.3) is 0 Å². The number of carbonyl (C=O) groups excluding carboxylic acids is 1. The van der Waals surface area contributed by atoms with Gasteiger partial charge in [-0.2, -0.15) is 5.10 Å². The van der Waals surface area contributed by atoms with Crippen molar-refractivity contribution in [1.29, 1.82) is 0 Å². The van der Waals surface area contributed by atoms with Gasteiger partial charge < -0.3 is 4.90 Å². The molecule has 3 rings (SSSR count). The van der Waals surface area contributed by atoms with Crippen molar-refractivity contribution in [1.82, 2.24) is 14.7 Å². The van der Waals surface area contributed by atoms with E-state index in [1.807, 2.05) is 29.5 Å². The van der Waals surface area contributed by atoms with Crippen LogP contribution in [0.15, 0.2) is 17.5 Å². The smallest absolute Gasteiger partial charge is 0.244 e. The molecule has 4 nitrogen and oxygen atoms in total. The highest BCUT2D eigenvalue weighted by Crippen LogP contribution is 2.35. The van der Waals surface area contributed by atoms with Gasteiger partial charge in [-0.1, -0.05) is 6.07 Å². The standard InChI is InChI=1S/C15H19N3OS/c1-10-11(2)16-18(12(10)3)9-15(19)17-7-6-13(17)14-5-4-8-20-14/h4-5,8,13H,6-7,9H2,1-3H3/t13-/m0/s1. The molecule has 1 aliphatic heterocycles. The Morgan fingerprint density at radius 1 is 1.45 bits per heavy atom. The van der Waals surface area contributed by atoms with Gasteiger partial charge in [0.1, 0.15) is 6.54 Å². The molecule has 3 heterocycles. The lowest BCUT2D eigenvalue weighted by Crippen LogP contribution is -2.46. The van der Waals surface area contributed by atoms with Crippen LogP contribution in [0.4, 0.5) is 0 Å². The van der Waals surface area contributed by atoms with Crippen molar-refractivity contribution in [2.45, 2.75) is 39.8 Å². The summed E-state index contributed by atoms with van der Waals surface area (Å²) in [6.45, 7) is 7.27. The van der Waals surface area contributed by atoms with Gasteiger partial charge in [-0.05, 0) is 44.2 Å². The van der Waals surface area contributed by atoms with Gasteiger partial charge in [0.2, 0.25) is 5.91 Å². The Labute approximate surface area is 123 Å². The molecular formula is C15H19N3OS. The monoisotopic (exact) mass is 289 g/mol. The van der Waals surface area contributed by atoms with Crippen LogP contribution in [-0.2, 0) is 11.3 Å². The zero-order valence-corrected chi connectivity index (χ0v) is 12.9. The Bertz CT molecular complexity index is 630. The second-order valence-corrected chi connectivity index (χ2v) is 6.34. The Morgan fingerprint density at radius 3 is 2.75 bits per heavy atom. The number of hydrogen-bond donors (Lipinski definition) is 0. The largest absolute Gasteiger partial charge is 0.333 e. The summed E-state index contributed by atoms with van der Waals surface area (Å²) in [5, 5.41) is 6.52. The summed E-state index contributed by atoms with van der Waals surface area (Å²) < 4.78 is 1.83. The highest BCUT2D eigenvalue weighted by molar-refractivity contribution is 7.10. The quantitative estimate of drug-likeness (QED) is 0.871. The molecular weight excluding hydrogens is 270 g/mol. The third-order valence-electron chi connectivity index (χ3n) is 4.24. The van der Waals surface area contributed by atoms with E-state index < -0.39 is 0 Å². The highest BCUT2D eigenvalue weighted by atomic mass is 32.1. The van der Waals surface area contributed by atoms with Crippen molar-refractivity contribution >= 4 is 17.2 Å². The van der Waals surface area contributed by atoms with Crippen LogP contribution in [0, 0.1) is 20.8 Å². The van der Waals surface area contributed by atoms with Crippen molar-refractivity contribution in [3.63, 3.8) is 0 Å². The number of likely N-dealkylation sites (tertiary alicyclic amines) is 1. The van der Waals surface area contributed by atoms with Gasteiger partial charge in [0.05, 0.1) is 11.7 Å². The predicted octanol–water partition coefficient (Wildman–Crippen LogP) is 2.84. The summed E-state index contributed by atoms with van der Waals surface area (Å²) in [6.07, 6.45) is 1.07. The fourth-order valence-corrected chi connectivity index (χ4v) is 3.50. The summed E-state index contributed by atoms with van der Waals surface area (Å²) in [4.78, 5) is 15.7. The number of carbonyl (C=O) groups is 1. The molecule has 0 saturated carbocycles. The van der Waals surface area contributed by atoms with E-state index in [4.69, 9.17) is 0 Å². The zero-order chi connectivity index (χ0) is 14.3. The van der Waals surface area contributed by atoms with Gasteiger partial charge >= 0.3 is 0 Å². The first kappa shape index (κ1) is 13.4. The number of nitrogens with zero attached hydrogens (tertiary/aromatic N) is 3. The summed E-state index contributed by atoms with van der Waals surface area (Å²) >= 11 is 1.73. The Morgan fingerprint density at radius 2 is 2.25 bits per heavy atom. The molecule has 0 aromatic carbocycles. The molecule has 1 saturated heterocycles. The second-order valence-electron chi connectivity index (χ2n) is 5.36. The minimum absolute atomic E-state index is 0.167. The molecule has 0 bridgehead atoms. The Kier molecular flexibility index (Phi) is 3.38. The Balaban J connectivity index is 1.72. The number of thiophene rings is 1. The third kappa shape index (κ3) is 2.16. The average molecular weight is 289 g/mol. The maximum atomic E-state index is 12.4. The summed E-state index contributed by atoms with van der Waals surface area (Å²) in [6, 6.07) is 4.44. The SMILES string of the molecule is Cc1nn(CC(=O)N2CC[C@H]2c2cccs2)c(C)c1C. The minimum Gasteiger partial charge on any atom is -0.333 e. The van der Waals surface area contributed by atoms with Crippen molar-refractivity contribution in [2.24, 2.45) is 0 Å². The molecule has 0 spiro atoms. The predicted molar refractivity (Wildman–Crippen MR) is 79.8 cm³/mol. The van der Waals surface area contributed by atoms with Crippen LogP contribution in [0.2, 0.25) is 0 Å². The van der Waals surface area contributed by atoms with E-state index in [1.165, 1.54) is 10.4 Å². The van der Waals surface area contributed by atoms with Crippen LogP contribution in [0.1, 0.15) is 34.3 Å². The molecule has 1 aliphatic rings. The third-order valence-corrected chi connectivity index (χ3v) is 5.21. The molecule has 106 valence electrons. The molecule has 1 fully saturated rings. The molecule has 0 N–H and O–H groups in total. The van der Waals surface area contributed by atoms with Gasteiger partial charge in [-0.3, -0.25) is 9.48 Å². The molecule has 0 radical (unpaired) electrons.